The first-order valence-electron chi connectivity index (χ1n) is 5.08. The molecule has 1 aliphatic heterocycles. The number of aliphatic hydroxyl groups is 3. The summed E-state index contributed by atoms with van der Waals surface area (Å²) in [5.41, 5.74) is 0. The van der Waals surface area contributed by atoms with Crippen molar-refractivity contribution in [1.82, 2.24) is 0 Å². The minimum atomic E-state index is -1.50. The van der Waals surface area contributed by atoms with Gasteiger partial charge in [-0.05, 0) is 20.3 Å². The van der Waals surface area contributed by atoms with Crippen LogP contribution in [0.15, 0.2) is 0 Å². The summed E-state index contributed by atoms with van der Waals surface area (Å²) >= 11 is 0. The molecule has 1 heterocycles. The zero-order valence-corrected chi connectivity index (χ0v) is 9.84. The summed E-state index contributed by atoms with van der Waals surface area (Å²) in [4.78, 5) is 10.3. The standard InChI is InChI=1S/C7H12O4.C3H8O2/c1-5(8)11-4-7-6(9)2-3-10-7;1-3(2,4)5/h6-7,9H,2-4H2,1H3;4-5H,1-2H3/t6-,7-;/m1./s1. The van der Waals surface area contributed by atoms with Gasteiger partial charge in [0.15, 0.2) is 5.79 Å². The highest BCUT2D eigenvalue weighted by molar-refractivity contribution is 5.65. The summed E-state index contributed by atoms with van der Waals surface area (Å²) in [6.07, 6.45) is -0.167. The summed E-state index contributed by atoms with van der Waals surface area (Å²) in [7, 11) is 0. The molecule has 6 nitrogen and oxygen atoms in total. The van der Waals surface area contributed by atoms with E-state index in [1.165, 1.54) is 20.8 Å². The van der Waals surface area contributed by atoms with Crippen molar-refractivity contribution in [2.45, 2.75) is 45.2 Å². The van der Waals surface area contributed by atoms with E-state index in [0.717, 1.165) is 0 Å². The Hall–Kier alpha value is -0.690. The van der Waals surface area contributed by atoms with Crippen molar-refractivity contribution in [2.24, 2.45) is 0 Å². The second-order valence-corrected chi connectivity index (χ2v) is 4.06. The molecular formula is C10H20O6. The molecule has 16 heavy (non-hydrogen) atoms. The SMILES string of the molecule is CC(=O)OC[C@H]1OCC[C@H]1O.CC(C)(O)O. The molecule has 0 aromatic heterocycles. The summed E-state index contributed by atoms with van der Waals surface area (Å²) in [5, 5.41) is 25.3. The molecule has 0 amide bonds. The lowest BCUT2D eigenvalue weighted by molar-refractivity contribution is -0.145. The Morgan fingerprint density at radius 2 is 2.00 bits per heavy atom. The van der Waals surface area contributed by atoms with Crippen LogP contribution in [0.1, 0.15) is 27.2 Å². The van der Waals surface area contributed by atoms with Crippen LogP contribution in [0, 0.1) is 0 Å². The van der Waals surface area contributed by atoms with Crippen LogP contribution in [-0.4, -0.2) is 52.5 Å². The Morgan fingerprint density at radius 1 is 1.50 bits per heavy atom. The highest BCUT2D eigenvalue weighted by Gasteiger charge is 2.26. The minimum absolute atomic E-state index is 0.163. The van der Waals surface area contributed by atoms with Gasteiger partial charge in [0.1, 0.15) is 12.7 Å². The number of rotatable bonds is 2. The number of ether oxygens (including phenoxy) is 2. The topological polar surface area (TPSA) is 96.2 Å². The molecule has 2 atom stereocenters. The van der Waals surface area contributed by atoms with Crippen LogP contribution in [0.25, 0.3) is 0 Å². The van der Waals surface area contributed by atoms with Gasteiger partial charge in [-0.25, -0.2) is 0 Å². The molecule has 3 N–H and O–H groups in total. The predicted octanol–water partition coefficient (Wildman–Crippen LogP) is -0.594. The van der Waals surface area contributed by atoms with Crippen LogP contribution in [0.2, 0.25) is 0 Å². The third-order valence-corrected chi connectivity index (χ3v) is 1.63. The van der Waals surface area contributed by atoms with Crippen molar-refractivity contribution in [1.29, 1.82) is 0 Å². The highest BCUT2D eigenvalue weighted by atomic mass is 16.6. The second-order valence-electron chi connectivity index (χ2n) is 4.06. The first-order chi connectivity index (χ1) is 7.20. The summed E-state index contributed by atoms with van der Waals surface area (Å²) in [6.45, 7) is 4.64. The maximum absolute atomic E-state index is 10.3. The van der Waals surface area contributed by atoms with E-state index >= 15 is 0 Å². The Balaban J connectivity index is 0.000000385. The van der Waals surface area contributed by atoms with E-state index in [0.29, 0.717) is 13.0 Å². The number of hydrogen-bond donors (Lipinski definition) is 3. The Kier molecular flexibility index (Phi) is 6.51. The number of aliphatic hydroxyl groups excluding tert-OH is 1. The third kappa shape index (κ3) is 9.85. The molecule has 6 heteroatoms. The van der Waals surface area contributed by atoms with Crippen molar-refractivity contribution in [2.75, 3.05) is 13.2 Å². The number of hydrogen-bond acceptors (Lipinski definition) is 6. The molecule has 1 aliphatic rings. The van der Waals surface area contributed by atoms with Gasteiger partial charge in [0, 0.05) is 13.5 Å². The van der Waals surface area contributed by atoms with Gasteiger partial charge in [0.2, 0.25) is 0 Å². The van der Waals surface area contributed by atoms with Crippen LogP contribution >= 0.6 is 0 Å². The molecule has 1 rings (SSSR count). The fraction of sp³-hybridized carbons (Fsp3) is 0.900. The van der Waals surface area contributed by atoms with E-state index in [4.69, 9.17) is 14.9 Å². The summed E-state index contributed by atoms with van der Waals surface area (Å²) in [5.74, 6) is -1.84. The molecular weight excluding hydrogens is 216 g/mol. The van der Waals surface area contributed by atoms with Gasteiger partial charge in [-0.1, -0.05) is 0 Å². The van der Waals surface area contributed by atoms with Gasteiger partial charge in [-0.3, -0.25) is 4.79 Å². The smallest absolute Gasteiger partial charge is 0.302 e. The largest absolute Gasteiger partial charge is 0.463 e. The Labute approximate surface area is 94.8 Å². The minimum Gasteiger partial charge on any atom is -0.463 e. The predicted molar refractivity (Wildman–Crippen MR) is 55.5 cm³/mol. The Morgan fingerprint density at radius 3 is 2.31 bits per heavy atom. The average Bonchev–Trinajstić information content (AvgIpc) is 2.44. The van der Waals surface area contributed by atoms with Gasteiger partial charge in [0.25, 0.3) is 0 Å². The molecule has 0 radical (unpaired) electrons. The van der Waals surface area contributed by atoms with Crippen LogP contribution in [0.5, 0.6) is 0 Å². The third-order valence-electron chi connectivity index (χ3n) is 1.63. The van der Waals surface area contributed by atoms with Crippen LogP contribution in [0.4, 0.5) is 0 Å². The van der Waals surface area contributed by atoms with E-state index in [1.807, 2.05) is 0 Å². The normalized spacial score (nSPS) is 24.6. The number of carbonyl (C=O) groups excluding carboxylic acids is 1. The zero-order chi connectivity index (χ0) is 12.8. The van der Waals surface area contributed by atoms with Gasteiger partial charge >= 0.3 is 5.97 Å². The molecule has 0 aliphatic carbocycles. The van der Waals surface area contributed by atoms with E-state index < -0.39 is 11.9 Å². The molecule has 96 valence electrons. The van der Waals surface area contributed by atoms with Crippen molar-refractivity contribution in [3.63, 3.8) is 0 Å². The lowest BCUT2D eigenvalue weighted by Gasteiger charge is -2.12. The lowest BCUT2D eigenvalue weighted by Crippen LogP contribution is -2.27. The van der Waals surface area contributed by atoms with Crippen LogP contribution in [0.3, 0.4) is 0 Å². The molecule has 0 bridgehead atoms. The van der Waals surface area contributed by atoms with Crippen LogP contribution < -0.4 is 0 Å². The van der Waals surface area contributed by atoms with E-state index in [1.54, 1.807) is 0 Å². The van der Waals surface area contributed by atoms with Gasteiger partial charge in [0.05, 0.1) is 6.10 Å². The maximum Gasteiger partial charge on any atom is 0.302 e. The molecule has 1 fully saturated rings. The molecule has 0 unspecified atom stereocenters. The van der Waals surface area contributed by atoms with Crippen molar-refractivity contribution < 1.29 is 29.6 Å². The first kappa shape index (κ1) is 15.3. The van der Waals surface area contributed by atoms with Gasteiger partial charge < -0.3 is 24.8 Å². The number of esters is 1. The van der Waals surface area contributed by atoms with E-state index in [-0.39, 0.29) is 18.7 Å². The summed E-state index contributed by atoms with van der Waals surface area (Å²) in [6, 6.07) is 0. The average molecular weight is 236 g/mol. The molecule has 0 saturated carbocycles. The Bertz CT molecular complexity index is 204. The fourth-order valence-electron chi connectivity index (χ4n) is 0.996. The molecule has 1 saturated heterocycles. The van der Waals surface area contributed by atoms with Crippen molar-refractivity contribution >= 4 is 5.97 Å². The molecule has 0 aromatic carbocycles. The van der Waals surface area contributed by atoms with Gasteiger partial charge in [-0.15, -0.1) is 0 Å². The van der Waals surface area contributed by atoms with Crippen molar-refractivity contribution in [3.8, 4) is 0 Å². The summed E-state index contributed by atoms with van der Waals surface area (Å²) < 4.78 is 9.76. The lowest BCUT2D eigenvalue weighted by atomic mass is 10.2. The quantitative estimate of drug-likeness (QED) is 0.438. The number of carbonyl (C=O) groups is 1. The monoisotopic (exact) mass is 236 g/mol. The highest BCUT2D eigenvalue weighted by Crippen LogP contribution is 2.13. The molecule has 0 aromatic rings. The van der Waals surface area contributed by atoms with E-state index in [9.17, 15) is 9.90 Å². The van der Waals surface area contributed by atoms with Crippen molar-refractivity contribution in [3.05, 3.63) is 0 Å². The molecule has 0 spiro atoms. The maximum atomic E-state index is 10.3. The fourth-order valence-corrected chi connectivity index (χ4v) is 0.996. The van der Waals surface area contributed by atoms with Gasteiger partial charge in [-0.2, -0.15) is 0 Å². The van der Waals surface area contributed by atoms with Crippen LogP contribution in [-0.2, 0) is 14.3 Å². The van der Waals surface area contributed by atoms with E-state index in [2.05, 4.69) is 4.74 Å². The second kappa shape index (κ2) is 6.80. The first-order valence-corrected chi connectivity index (χ1v) is 5.08. The zero-order valence-electron chi connectivity index (χ0n) is 9.84.